The second kappa shape index (κ2) is 9.72. The number of hydrogen-bond acceptors (Lipinski definition) is 4. The SMILES string of the molecule is CCC(=O)N(C)c1ccc(-c2ccc(C(=O)CCc3ccc(F)nc3C)nc2)c(F)c1F. The highest BCUT2D eigenvalue weighted by molar-refractivity contribution is 5.95. The highest BCUT2D eigenvalue weighted by Crippen LogP contribution is 2.30. The highest BCUT2D eigenvalue weighted by Gasteiger charge is 2.20. The maximum Gasteiger partial charge on any atom is 0.226 e. The average molecular weight is 441 g/mol. The van der Waals surface area contributed by atoms with Crippen molar-refractivity contribution in [2.75, 3.05) is 11.9 Å². The van der Waals surface area contributed by atoms with Gasteiger partial charge in [0.25, 0.3) is 0 Å². The number of benzene rings is 1. The third-order valence-corrected chi connectivity index (χ3v) is 5.24. The van der Waals surface area contributed by atoms with E-state index in [1.54, 1.807) is 19.9 Å². The molecule has 0 unspecified atom stereocenters. The normalized spacial score (nSPS) is 10.8. The first-order chi connectivity index (χ1) is 15.2. The fourth-order valence-corrected chi connectivity index (χ4v) is 3.31. The molecule has 0 fully saturated rings. The highest BCUT2D eigenvalue weighted by atomic mass is 19.2. The molecule has 0 radical (unpaired) electrons. The molecule has 2 aromatic heterocycles. The lowest BCUT2D eigenvalue weighted by Crippen LogP contribution is -2.26. The van der Waals surface area contributed by atoms with Crippen LogP contribution in [-0.4, -0.2) is 28.7 Å². The molecule has 2 heterocycles. The molecule has 0 atom stereocenters. The van der Waals surface area contributed by atoms with Crippen LogP contribution in [-0.2, 0) is 11.2 Å². The summed E-state index contributed by atoms with van der Waals surface area (Å²) in [5.74, 6) is -3.38. The Labute approximate surface area is 183 Å². The van der Waals surface area contributed by atoms with Crippen LogP contribution < -0.4 is 4.90 Å². The first-order valence-electron chi connectivity index (χ1n) is 10.1. The van der Waals surface area contributed by atoms with Crippen LogP contribution in [0.3, 0.4) is 0 Å². The summed E-state index contributed by atoms with van der Waals surface area (Å²) in [6.45, 7) is 3.30. The number of rotatable bonds is 7. The van der Waals surface area contributed by atoms with Crippen LogP contribution in [0.4, 0.5) is 18.9 Å². The lowest BCUT2D eigenvalue weighted by atomic mass is 10.0. The molecular formula is C24H22F3N3O2. The molecular weight excluding hydrogens is 419 g/mol. The van der Waals surface area contributed by atoms with Gasteiger partial charge in [-0.2, -0.15) is 4.39 Å². The van der Waals surface area contributed by atoms with Gasteiger partial charge in [0, 0.05) is 42.9 Å². The van der Waals surface area contributed by atoms with E-state index in [0.717, 1.165) is 10.5 Å². The maximum atomic E-state index is 14.7. The molecule has 1 aromatic carbocycles. The van der Waals surface area contributed by atoms with E-state index >= 15 is 0 Å². The number of carbonyl (C=O) groups is 2. The van der Waals surface area contributed by atoms with Gasteiger partial charge in [0.2, 0.25) is 11.9 Å². The van der Waals surface area contributed by atoms with E-state index in [2.05, 4.69) is 9.97 Å². The minimum absolute atomic E-state index is 0.0249. The quantitative estimate of drug-likeness (QED) is 0.380. The first kappa shape index (κ1) is 23.1. The Balaban J connectivity index is 1.75. The number of ketones is 1. The van der Waals surface area contributed by atoms with E-state index in [-0.39, 0.29) is 41.5 Å². The number of halogens is 3. The molecule has 0 aliphatic carbocycles. The largest absolute Gasteiger partial charge is 0.313 e. The second-order valence-corrected chi connectivity index (χ2v) is 7.30. The molecule has 0 aliphatic rings. The summed E-state index contributed by atoms with van der Waals surface area (Å²) < 4.78 is 42.3. The predicted molar refractivity (Wildman–Crippen MR) is 115 cm³/mol. The molecule has 1 amide bonds. The zero-order valence-corrected chi connectivity index (χ0v) is 18.0. The molecule has 166 valence electrons. The topological polar surface area (TPSA) is 63.2 Å². The summed E-state index contributed by atoms with van der Waals surface area (Å²) >= 11 is 0. The third-order valence-electron chi connectivity index (χ3n) is 5.24. The molecule has 0 bridgehead atoms. The summed E-state index contributed by atoms with van der Waals surface area (Å²) in [7, 11) is 1.38. The molecule has 0 spiro atoms. The van der Waals surface area contributed by atoms with Crippen molar-refractivity contribution in [3.8, 4) is 11.1 Å². The van der Waals surface area contributed by atoms with E-state index in [0.29, 0.717) is 17.7 Å². The predicted octanol–water partition coefficient (Wildman–Crippen LogP) is 5.06. The lowest BCUT2D eigenvalue weighted by Gasteiger charge is -2.18. The zero-order chi connectivity index (χ0) is 23.4. The molecule has 0 N–H and O–H groups in total. The van der Waals surface area contributed by atoms with Gasteiger partial charge in [-0.15, -0.1) is 0 Å². The average Bonchev–Trinajstić information content (AvgIpc) is 2.79. The minimum Gasteiger partial charge on any atom is -0.313 e. The molecule has 0 aliphatic heterocycles. The monoisotopic (exact) mass is 441 g/mol. The lowest BCUT2D eigenvalue weighted by molar-refractivity contribution is -0.118. The van der Waals surface area contributed by atoms with Crippen LogP contribution in [0.5, 0.6) is 0 Å². The van der Waals surface area contributed by atoms with Gasteiger partial charge in [0.05, 0.1) is 5.69 Å². The van der Waals surface area contributed by atoms with Gasteiger partial charge in [-0.05, 0) is 43.2 Å². The third kappa shape index (κ3) is 4.85. The fourth-order valence-electron chi connectivity index (χ4n) is 3.31. The van der Waals surface area contributed by atoms with E-state index in [1.807, 2.05) is 0 Å². The van der Waals surface area contributed by atoms with Crippen molar-refractivity contribution in [1.82, 2.24) is 9.97 Å². The Bertz CT molecular complexity index is 1160. The van der Waals surface area contributed by atoms with Crippen molar-refractivity contribution in [3.63, 3.8) is 0 Å². The second-order valence-electron chi connectivity index (χ2n) is 7.30. The van der Waals surface area contributed by atoms with Gasteiger partial charge in [0.1, 0.15) is 5.69 Å². The summed E-state index contributed by atoms with van der Waals surface area (Å²) in [4.78, 5) is 33.1. The Morgan fingerprint density at radius 2 is 1.75 bits per heavy atom. The molecule has 32 heavy (non-hydrogen) atoms. The van der Waals surface area contributed by atoms with Gasteiger partial charge in [-0.3, -0.25) is 14.6 Å². The molecule has 5 nitrogen and oxygen atoms in total. The number of aryl methyl sites for hydroxylation is 2. The van der Waals surface area contributed by atoms with Crippen molar-refractivity contribution in [3.05, 3.63) is 77.1 Å². The van der Waals surface area contributed by atoms with Crippen LogP contribution in [0.1, 0.15) is 41.5 Å². The molecule has 0 saturated heterocycles. The van der Waals surface area contributed by atoms with Crippen molar-refractivity contribution < 1.29 is 22.8 Å². The number of carbonyl (C=O) groups excluding carboxylic acids is 2. The summed E-state index contributed by atoms with van der Waals surface area (Å²) in [6, 6.07) is 8.48. The Morgan fingerprint density at radius 3 is 2.38 bits per heavy atom. The number of Topliss-reactive ketones (excluding diaryl/α,β-unsaturated/α-hetero) is 1. The Hall–Kier alpha value is -3.55. The van der Waals surface area contributed by atoms with Crippen molar-refractivity contribution in [2.24, 2.45) is 0 Å². The van der Waals surface area contributed by atoms with Gasteiger partial charge in [0.15, 0.2) is 17.4 Å². The Morgan fingerprint density at radius 1 is 1.00 bits per heavy atom. The summed E-state index contributed by atoms with van der Waals surface area (Å²) in [5.41, 5.74) is 1.60. The molecule has 0 saturated carbocycles. The standard InChI is InChI=1S/C24H22F3N3O2/c1-4-22(32)30(3)19-10-8-17(23(26)24(19)27)16-5-9-18(28-13-16)20(31)11-6-15-7-12-21(25)29-14(15)2/h5,7-10,12-13H,4,6,11H2,1-3H3. The molecule has 8 heteroatoms. The van der Waals surface area contributed by atoms with Crippen molar-refractivity contribution in [1.29, 1.82) is 0 Å². The van der Waals surface area contributed by atoms with E-state index < -0.39 is 17.6 Å². The number of nitrogens with zero attached hydrogens (tertiary/aromatic N) is 3. The molecule has 3 rings (SSSR count). The van der Waals surface area contributed by atoms with Crippen molar-refractivity contribution >= 4 is 17.4 Å². The Kier molecular flexibility index (Phi) is 7.02. The van der Waals surface area contributed by atoms with Gasteiger partial charge in [-0.1, -0.05) is 19.1 Å². The smallest absolute Gasteiger partial charge is 0.226 e. The minimum atomic E-state index is -1.13. The number of aromatic nitrogens is 2. The number of anilines is 1. The van der Waals surface area contributed by atoms with Crippen LogP contribution in [0.25, 0.3) is 11.1 Å². The van der Waals surface area contributed by atoms with Gasteiger partial charge in [-0.25, -0.2) is 13.8 Å². The van der Waals surface area contributed by atoms with E-state index in [1.165, 1.54) is 43.6 Å². The van der Waals surface area contributed by atoms with Crippen LogP contribution in [0.2, 0.25) is 0 Å². The first-order valence-corrected chi connectivity index (χ1v) is 10.1. The number of hydrogen-bond donors (Lipinski definition) is 0. The zero-order valence-electron chi connectivity index (χ0n) is 18.0. The molecule has 3 aromatic rings. The van der Waals surface area contributed by atoms with E-state index in [9.17, 15) is 22.8 Å². The van der Waals surface area contributed by atoms with Crippen LogP contribution in [0, 0.1) is 24.5 Å². The number of pyridine rings is 2. The summed E-state index contributed by atoms with van der Waals surface area (Å²) in [6.07, 6.45) is 2.00. The van der Waals surface area contributed by atoms with Crippen molar-refractivity contribution in [2.45, 2.75) is 33.1 Å². The fraction of sp³-hybridized carbons (Fsp3) is 0.250. The van der Waals surface area contributed by atoms with Gasteiger partial charge < -0.3 is 4.90 Å². The van der Waals surface area contributed by atoms with Gasteiger partial charge >= 0.3 is 0 Å². The van der Waals surface area contributed by atoms with Crippen LogP contribution in [0.15, 0.2) is 42.6 Å². The van der Waals surface area contributed by atoms with Crippen LogP contribution >= 0.6 is 0 Å². The van der Waals surface area contributed by atoms with E-state index in [4.69, 9.17) is 0 Å². The summed E-state index contributed by atoms with van der Waals surface area (Å²) in [5, 5.41) is 0. The maximum absolute atomic E-state index is 14.7. The number of amides is 1.